The van der Waals surface area contributed by atoms with Gasteiger partial charge in [0.2, 0.25) is 0 Å². The van der Waals surface area contributed by atoms with E-state index in [0.717, 1.165) is 16.5 Å². The molecule has 1 N–H and O–H groups in total. The fourth-order valence-corrected chi connectivity index (χ4v) is 3.66. The highest BCUT2D eigenvalue weighted by atomic mass is 32.1. The van der Waals surface area contributed by atoms with Crippen LogP contribution in [0.25, 0.3) is 0 Å². The summed E-state index contributed by atoms with van der Waals surface area (Å²) >= 11 is 5.34. The summed E-state index contributed by atoms with van der Waals surface area (Å²) in [7, 11) is 0. The molecule has 19 heavy (non-hydrogen) atoms. The fourth-order valence-electron chi connectivity index (χ4n) is 3.44. The molecule has 0 spiro atoms. The van der Waals surface area contributed by atoms with Crippen molar-refractivity contribution in [2.24, 2.45) is 5.92 Å². The third kappa shape index (κ3) is 3.25. The number of aromatic nitrogens is 2. The van der Waals surface area contributed by atoms with Crippen molar-refractivity contribution in [3.8, 4) is 0 Å². The van der Waals surface area contributed by atoms with E-state index in [0.29, 0.717) is 5.92 Å². The summed E-state index contributed by atoms with van der Waals surface area (Å²) in [6, 6.07) is 2.07. The molecule has 0 aliphatic heterocycles. The lowest BCUT2D eigenvalue weighted by Gasteiger charge is -2.28. The van der Waals surface area contributed by atoms with Gasteiger partial charge in [-0.2, -0.15) is 0 Å². The molecular weight excluding hydrogens is 252 g/mol. The van der Waals surface area contributed by atoms with E-state index in [9.17, 15) is 0 Å². The summed E-state index contributed by atoms with van der Waals surface area (Å²) in [5.74, 6) is 3.48. The molecule has 2 fully saturated rings. The Morgan fingerprint density at radius 2 is 1.84 bits per heavy atom. The average Bonchev–Trinajstić information content (AvgIpc) is 3.23. The van der Waals surface area contributed by atoms with Gasteiger partial charge < -0.3 is 4.98 Å². The van der Waals surface area contributed by atoms with Crippen LogP contribution in [-0.4, -0.2) is 9.97 Å². The van der Waals surface area contributed by atoms with Crippen molar-refractivity contribution in [2.75, 3.05) is 0 Å². The van der Waals surface area contributed by atoms with Crippen molar-refractivity contribution in [3.05, 3.63) is 22.2 Å². The van der Waals surface area contributed by atoms with E-state index >= 15 is 0 Å². The minimum absolute atomic E-state index is 0.619. The lowest BCUT2D eigenvalue weighted by atomic mass is 9.80. The van der Waals surface area contributed by atoms with Gasteiger partial charge in [-0.1, -0.05) is 32.0 Å². The van der Waals surface area contributed by atoms with Gasteiger partial charge in [-0.3, -0.25) is 0 Å². The van der Waals surface area contributed by atoms with Crippen LogP contribution in [0.3, 0.4) is 0 Å². The van der Waals surface area contributed by atoms with Crippen LogP contribution in [0, 0.1) is 10.6 Å². The molecule has 0 saturated heterocycles. The number of aromatic amines is 1. The van der Waals surface area contributed by atoms with Gasteiger partial charge in [0.05, 0.1) is 0 Å². The van der Waals surface area contributed by atoms with Crippen molar-refractivity contribution >= 4 is 12.2 Å². The number of hydrogen-bond donors (Lipinski definition) is 1. The second-order valence-corrected chi connectivity index (χ2v) is 6.76. The van der Waals surface area contributed by atoms with Crippen molar-refractivity contribution in [1.29, 1.82) is 0 Å². The van der Waals surface area contributed by atoms with Crippen LogP contribution in [0.5, 0.6) is 0 Å². The van der Waals surface area contributed by atoms with E-state index in [4.69, 9.17) is 12.2 Å². The third-order valence-corrected chi connectivity index (χ3v) is 4.94. The lowest BCUT2D eigenvalue weighted by Crippen LogP contribution is -2.16. The van der Waals surface area contributed by atoms with E-state index in [1.807, 2.05) is 0 Å². The molecule has 2 aliphatic carbocycles. The molecule has 3 rings (SSSR count). The molecule has 2 saturated carbocycles. The highest BCUT2D eigenvalue weighted by Crippen LogP contribution is 2.40. The molecule has 2 nitrogen and oxygen atoms in total. The number of rotatable bonds is 4. The first kappa shape index (κ1) is 13.3. The first-order valence-electron chi connectivity index (χ1n) is 7.87. The van der Waals surface area contributed by atoms with Crippen LogP contribution in [0.1, 0.15) is 81.6 Å². The SMILES string of the molecule is CCCC1CCC(c2nc(=S)cc(C3CC3)[nH]2)CC1. The van der Waals surface area contributed by atoms with Gasteiger partial charge in [-0.05, 0) is 56.4 Å². The topological polar surface area (TPSA) is 28.7 Å². The maximum Gasteiger partial charge on any atom is 0.130 e. The highest BCUT2D eigenvalue weighted by molar-refractivity contribution is 7.71. The molecule has 1 aromatic heterocycles. The van der Waals surface area contributed by atoms with Crippen LogP contribution in [-0.2, 0) is 0 Å². The molecule has 3 heteroatoms. The van der Waals surface area contributed by atoms with E-state index < -0.39 is 0 Å². The van der Waals surface area contributed by atoms with E-state index in [2.05, 4.69) is 23.0 Å². The summed E-state index contributed by atoms with van der Waals surface area (Å²) in [6.45, 7) is 2.30. The average molecular weight is 276 g/mol. The summed E-state index contributed by atoms with van der Waals surface area (Å²) in [4.78, 5) is 8.18. The Kier molecular flexibility index (Phi) is 4.01. The van der Waals surface area contributed by atoms with Crippen LogP contribution in [0.2, 0.25) is 0 Å². The van der Waals surface area contributed by atoms with Crippen molar-refractivity contribution in [3.63, 3.8) is 0 Å². The van der Waals surface area contributed by atoms with Crippen LogP contribution < -0.4 is 0 Å². The zero-order valence-corrected chi connectivity index (χ0v) is 12.6. The fraction of sp³-hybridized carbons (Fsp3) is 0.750. The molecule has 1 heterocycles. The molecule has 0 radical (unpaired) electrons. The lowest BCUT2D eigenvalue weighted by molar-refractivity contribution is 0.302. The molecule has 1 aromatic rings. The largest absolute Gasteiger partial charge is 0.347 e. The molecule has 2 aliphatic rings. The number of nitrogens with zero attached hydrogens (tertiary/aromatic N) is 1. The number of nitrogens with one attached hydrogen (secondary N) is 1. The van der Waals surface area contributed by atoms with E-state index in [1.165, 1.54) is 62.9 Å². The summed E-state index contributed by atoms with van der Waals surface area (Å²) < 4.78 is 0.784. The molecular formula is C16H24N2S. The van der Waals surface area contributed by atoms with Gasteiger partial charge in [-0.25, -0.2) is 4.98 Å². The molecule has 0 bridgehead atoms. The van der Waals surface area contributed by atoms with E-state index in [-0.39, 0.29) is 0 Å². The quantitative estimate of drug-likeness (QED) is 0.776. The second kappa shape index (κ2) is 5.74. The smallest absolute Gasteiger partial charge is 0.130 e. The van der Waals surface area contributed by atoms with Gasteiger partial charge >= 0.3 is 0 Å². The summed E-state index contributed by atoms with van der Waals surface area (Å²) in [6.07, 6.45) is 10.7. The van der Waals surface area contributed by atoms with Crippen LogP contribution in [0.4, 0.5) is 0 Å². The number of H-pyrrole nitrogens is 1. The van der Waals surface area contributed by atoms with Crippen LogP contribution >= 0.6 is 12.2 Å². The normalized spacial score (nSPS) is 27.4. The molecule has 0 unspecified atom stereocenters. The second-order valence-electron chi connectivity index (χ2n) is 6.34. The Morgan fingerprint density at radius 1 is 1.16 bits per heavy atom. The monoisotopic (exact) mass is 276 g/mol. The first-order chi connectivity index (χ1) is 9.26. The molecule has 104 valence electrons. The van der Waals surface area contributed by atoms with Gasteiger partial charge in [0, 0.05) is 11.6 Å². The van der Waals surface area contributed by atoms with Crippen LogP contribution in [0.15, 0.2) is 6.07 Å². The maximum absolute atomic E-state index is 5.34. The zero-order chi connectivity index (χ0) is 13.2. The van der Waals surface area contributed by atoms with Gasteiger partial charge in [0.15, 0.2) is 0 Å². The van der Waals surface area contributed by atoms with Gasteiger partial charge in [-0.15, -0.1) is 0 Å². The Morgan fingerprint density at radius 3 is 2.47 bits per heavy atom. The predicted molar refractivity (Wildman–Crippen MR) is 81.0 cm³/mol. The third-order valence-electron chi connectivity index (χ3n) is 4.73. The predicted octanol–water partition coefficient (Wildman–Crippen LogP) is 5.09. The molecule has 0 amide bonds. The van der Waals surface area contributed by atoms with Crippen molar-refractivity contribution in [1.82, 2.24) is 9.97 Å². The Hall–Kier alpha value is -0.700. The minimum Gasteiger partial charge on any atom is -0.347 e. The maximum atomic E-state index is 5.34. The first-order valence-corrected chi connectivity index (χ1v) is 8.28. The molecule has 0 atom stereocenters. The standard InChI is InChI=1S/C16H24N2S/c1-2-3-11-4-6-13(7-5-11)16-17-14(12-8-9-12)10-15(19)18-16/h10-13H,2-9H2,1H3,(H,17,18,19). The zero-order valence-electron chi connectivity index (χ0n) is 11.8. The van der Waals surface area contributed by atoms with Crippen molar-refractivity contribution < 1.29 is 0 Å². The van der Waals surface area contributed by atoms with E-state index in [1.54, 1.807) is 0 Å². The Labute approximate surface area is 121 Å². The number of hydrogen-bond acceptors (Lipinski definition) is 2. The molecule has 0 aromatic carbocycles. The van der Waals surface area contributed by atoms with Gasteiger partial charge in [0.25, 0.3) is 0 Å². The summed E-state index contributed by atoms with van der Waals surface area (Å²) in [5.41, 5.74) is 1.34. The highest BCUT2D eigenvalue weighted by Gasteiger charge is 2.27. The Balaban J connectivity index is 1.70. The van der Waals surface area contributed by atoms with Gasteiger partial charge in [0.1, 0.15) is 10.5 Å². The minimum atomic E-state index is 0.619. The summed E-state index contributed by atoms with van der Waals surface area (Å²) in [5, 5.41) is 0. The Bertz CT molecular complexity index is 482. The van der Waals surface area contributed by atoms with Crippen molar-refractivity contribution in [2.45, 2.75) is 70.1 Å².